The van der Waals surface area contributed by atoms with Gasteiger partial charge in [-0.15, -0.1) is 0 Å². The van der Waals surface area contributed by atoms with Gasteiger partial charge in [0.15, 0.2) is 0 Å². The molecule has 0 spiro atoms. The van der Waals surface area contributed by atoms with Gasteiger partial charge in [0.25, 0.3) is 0 Å². The Morgan fingerprint density at radius 1 is 0.968 bits per heavy atom. The van der Waals surface area contributed by atoms with E-state index in [1.807, 2.05) is 30.9 Å². The Morgan fingerprint density at radius 2 is 1.68 bits per heavy atom. The predicted octanol–water partition coefficient (Wildman–Crippen LogP) is 3.54. The number of anilines is 1. The Bertz CT molecular complexity index is 1180. The molecule has 2 aromatic carbocycles. The first-order valence-corrected chi connectivity index (χ1v) is 11.4. The second-order valence-corrected chi connectivity index (χ2v) is 9.32. The van der Waals surface area contributed by atoms with Crippen LogP contribution >= 0.6 is 0 Å². The number of sulfonamides is 1. The van der Waals surface area contributed by atoms with Gasteiger partial charge in [0.1, 0.15) is 11.6 Å². The molecule has 0 aliphatic carbocycles. The molecule has 0 radical (unpaired) electrons. The van der Waals surface area contributed by atoms with Crippen molar-refractivity contribution in [3.05, 3.63) is 71.7 Å². The van der Waals surface area contributed by atoms with Crippen molar-refractivity contribution in [1.82, 2.24) is 14.3 Å². The molecule has 1 aromatic heterocycles. The molecule has 162 valence electrons. The number of aromatic nitrogens is 2. The zero-order valence-corrected chi connectivity index (χ0v) is 18.1. The Hall–Kier alpha value is -3.04. The number of hydrogen-bond donors (Lipinski definition) is 0. The van der Waals surface area contributed by atoms with Crippen molar-refractivity contribution in [2.24, 2.45) is 0 Å². The van der Waals surface area contributed by atoms with Crippen molar-refractivity contribution in [2.75, 3.05) is 31.1 Å². The summed E-state index contributed by atoms with van der Waals surface area (Å²) >= 11 is 0. The molecule has 0 atom stereocenters. The fourth-order valence-electron chi connectivity index (χ4n) is 3.42. The lowest BCUT2D eigenvalue weighted by atomic mass is 10.2. The van der Waals surface area contributed by atoms with Gasteiger partial charge < -0.3 is 9.64 Å². The van der Waals surface area contributed by atoms with Gasteiger partial charge in [-0.1, -0.05) is 12.1 Å². The zero-order valence-electron chi connectivity index (χ0n) is 17.3. The lowest BCUT2D eigenvalue weighted by molar-refractivity contribution is 0.381. The maximum atomic E-state index is 13.1. The van der Waals surface area contributed by atoms with Crippen LogP contribution in [0, 0.1) is 19.7 Å². The monoisotopic (exact) mass is 442 g/mol. The number of nitrogens with zero attached hydrogens (tertiary/aromatic N) is 4. The van der Waals surface area contributed by atoms with Gasteiger partial charge in [-0.2, -0.15) is 9.29 Å². The second kappa shape index (κ2) is 8.60. The first-order chi connectivity index (χ1) is 14.8. The molecular formula is C22H23FN4O3S. The van der Waals surface area contributed by atoms with Crippen molar-refractivity contribution in [3.63, 3.8) is 0 Å². The van der Waals surface area contributed by atoms with Gasteiger partial charge in [0, 0.05) is 38.4 Å². The molecule has 9 heteroatoms. The molecule has 1 aliphatic rings. The number of halogens is 1. The molecule has 0 unspecified atom stereocenters. The summed E-state index contributed by atoms with van der Waals surface area (Å²) in [6, 6.07) is 12.7. The average Bonchev–Trinajstić information content (AvgIpc) is 2.77. The van der Waals surface area contributed by atoms with E-state index in [-0.39, 0.29) is 5.82 Å². The highest BCUT2D eigenvalue weighted by atomic mass is 32.2. The maximum Gasteiger partial charge on any atom is 0.243 e. The highest BCUT2D eigenvalue weighted by molar-refractivity contribution is 7.89. The van der Waals surface area contributed by atoms with Crippen LogP contribution in [0.5, 0.6) is 11.6 Å². The third-order valence-corrected chi connectivity index (χ3v) is 7.18. The van der Waals surface area contributed by atoms with Gasteiger partial charge in [-0.25, -0.2) is 17.8 Å². The van der Waals surface area contributed by atoms with Gasteiger partial charge in [-0.3, -0.25) is 0 Å². The normalized spacial score (nSPS) is 15.1. The molecule has 2 heterocycles. The summed E-state index contributed by atoms with van der Waals surface area (Å²) in [5.74, 6) is 0.922. The van der Waals surface area contributed by atoms with Crippen LogP contribution < -0.4 is 9.64 Å². The van der Waals surface area contributed by atoms with Crippen LogP contribution in [0.3, 0.4) is 0 Å². The molecule has 3 aromatic rings. The van der Waals surface area contributed by atoms with Crippen molar-refractivity contribution in [1.29, 1.82) is 0 Å². The molecule has 0 bridgehead atoms. The smallest absolute Gasteiger partial charge is 0.243 e. The first-order valence-electron chi connectivity index (χ1n) is 9.92. The number of piperazine rings is 1. The van der Waals surface area contributed by atoms with E-state index in [0.29, 0.717) is 48.7 Å². The van der Waals surface area contributed by atoms with E-state index in [4.69, 9.17) is 4.74 Å². The molecule has 0 N–H and O–H groups in total. The fraction of sp³-hybridized carbons (Fsp3) is 0.273. The lowest BCUT2D eigenvalue weighted by Crippen LogP contribution is -2.49. The molecule has 1 saturated heterocycles. The molecule has 1 fully saturated rings. The molecule has 0 saturated carbocycles. The summed E-state index contributed by atoms with van der Waals surface area (Å²) in [6.07, 6.45) is 1.58. The van der Waals surface area contributed by atoms with Crippen molar-refractivity contribution >= 4 is 16.0 Å². The minimum absolute atomic E-state index is 0.335. The average molecular weight is 443 g/mol. The van der Waals surface area contributed by atoms with Crippen LogP contribution in [0.1, 0.15) is 11.1 Å². The van der Waals surface area contributed by atoms with E-state index in [2.05, 4.69) is 9.97 Å². The fourth-order valence-corrected chi connectivity index (χ4v) is 5.15. The van der Waals surface area contributed by atoms with Crippen LogP contribution in [0.4, 0.5) is 10.3 Å². The van der Waals surface area contributed by atoms with Crippen LogP contribution in [-0.4, -0.2) is 48.9 Å². The number of rotatable bonds is 5. The summed E-state index contributed by atoms with van der Waals surface area (Å²) in [5, 5.41) is 0. The van der Waals surface area contributed by atoms with Crippen LogP contribution in [0.2, 0.25) is 0 Å². The van der Waals surface area contributed by atoms with E-state index < -0.39 is 10.0 Å². The molecule has 0 amide bonds. The van der Waals surface area contributed by atoms with E-state index in [1.54, 1.807) is 18.3 Å². The van der Waals surface area contributed by atoms with Gasteiger partial charge in [0.2, 0.25) is 21.9 Å². The molecule has 1 aliphatic heterocycles. The van der Waals surface area contributed by atoms with Gasteiger partial charge >= 0.3 is 0 Å². The third kappa shape index (κ3) is 4.67. The van der Waals surface area contributed by atoms with Crippen molar-refractivity contribution in [2.45, 2.75) is 18.7 Å². The minimum atomic E-state index is -3.56. The summed E-state index contributed by atoms with van der Waals surface area (Å²) in [4.78, 5) is 11.0. The molecule has 7 nitrogen and oxygen atoms in total. The van der Waals surface area contributed by atoms with E-state index in [0.717, 1.165) is 11.1 Å². The maximum absolute atomic E-state index is 13.1. The SMILES string of the molecule is Cc1ccc(C)c(S(=O)(=O)N2CCN(c3nccc(Oc4ccc(F)cc4)n3)CC2)c1. The number of hydrogen-bond acceptors (Lipinski definition) is 6. The van der Waals surface area contributed by atoms with Crippen LogP contribution in [0.25, 0.3) is 0 Å². The minimum Gasteiger partial charge on any atom is -0.439 e. The Labute approximate surface area is 181 Å². The molecular weight excluding hydrogens is 419 g/mol. The topological polar surface area (TPSA) is 75.6 Å². The Balaban J connectivity index is 1.45. The third-order valence-electron chi connectivity index (χ3n) is 5.14. The number of ether oxygens (including phenoxy) is 1. The summed E-state index contributed by atoms with van der Waals surface area (Å²) < 4.78 is 46.5. The molecule has 31 heavy (non-hydrogen) atoms. The van der Waals surface area contributed by atoms with E-state index in [1.165, 1.54) is 28.6 Å². The number of benzene rings is 2. The zero-order chi connectivity index (χ0) is 22.0. The predicted molar refractivity (Wildman–Crippen MR) is 115 cm³/mol. The first kappa shape index (κ1) is 21.2. The van der Waals surface area contributed by atoms with E-state index in [9.17, 15) is 12.8 Å². The number of aryl methyl sites for hydroxylation is 2. The summed E-state index contributed by atoms with van der Waals surface area (Å²) in [7, 11) is -3.56. The quantitative estimate of drug-likeness (QED) is 0.602. The van der Waals surface area contributed by atoms with Crippen LogP contribution in [-0.2, 0) is 10.0 Å². The highest BCUT2D eigenvalue weighted by Crippen LogP contribution is 2.25. The standard InChI is InChI=1S/C22H23FN4O3S/c1-16-3-4-17(2)20(15-16)31(28,29)27-13-11-26(12-14-27)22-24-10-9-21(25-22)30-19-7-5-18(23)6-8-19/h3-10,15H,11-14H2,1-2H3. The largest absolute Gasteiger partial charge is 0.439 e. The van der Waals surface area contributed by atoms with Gasteiger partial charge in [-0.05, 0) is 55.3 Å². The highest BCUT2D eigenvalue weighted by Gasteiger charge is 2.30. The Kier molecular flexibility index (Phi) is 5.88. The van der Waals surface area contributed by atoms with Crippen molar-refractivity contribution in [3.8, 4) is 11.6 Å². The second-order valence-electron chi connectivity index (χ2n) is 7.41. The van der Waals surface area contributed by atoms with Crippen molar-refractivity contribution < 1.29 is 17.5 Å². The van der Waals surface area contributed by atoms with Gasteiger partial charge in [0.05, 0.1) is 4.90 Å². The lowest BCUT2D eigenvalue weighted by Gasteiger charge is -2.34. The summed E-state index contributed by atoms with van der Waals surface area (Å²) in [6.45, 7) is 5.29. The molecule has 4 rings (SSSR count). The van der Waals surface area contributed by atoms with E-state index >= 15 is 0 Å². The summed E-state index contributed by atoms with van der Waals surface area (Å²) in [5.41, 5.74) is 1.65. The Morgan fingerprint density at radius 3 is 2.39 bits per heavy atom. The van der Waals surface area contributed by atoms with Crippen LogP contribution in [0.15, 0.2) is 59.6 Å².